The molecule has 2 heterocycles. The molecule has 92 valence electrons. The van der Waals surface area contributed by atoms with Crippen molar-refractivity contribution < 1.29 is 19.0 Å². The van der Waals surface area contributed by atoms with Gasteiger partial charge in [0.1, 0.15) is 6.61 Å². The third kappa shape index (κ3) is 2.14. The van der Waals surface area contributed by atoms with E-state index in [0.29, 0.717) is 18.1 Å². The van der Waals surface area contributed by atoms with Gasteiger partial charge in [0.25, 0.3) is 0 Å². The molecule has 1 aromatic rings. The van der Waals surface area contributed by atoms with Gasteiger partial charge in [0, 0.05) is 4.47 Å². The van der Waals surface area contributed by atoms with E-state index < -0.39 is 6.09 Å². The van der Waals surface area contributed by atoms with Crippen molar-refractivity contribution in [3.8, 4) is 11.5 Å². The maximum absolute atomic E-state index is 11.0. The molecule has 1 atom stereocenters. The van der Waals surface area contributed by atoms with Gasteiger partial charge in [-0.2, -0.15) is 0 Å². The monoisotopic (exact) mass is 321 g/mol. The smallest absolute Gasteiger partial charge is 0.407 e. The number of ether oxygens (including phenoxy) is 3. The van der Waals surface area contributed by atoms with Crippen LogP contribution in [-0.4, -0.2) is 19.5 Å². The van der Waals surface area contributed by atoms with E-state index in [1.807, 2.05) is 12.1 Å². The third-order valence-corrected chi connectivity index (χ3v) is 3.23. The number of hydrogen-bond acceptors (Lipinski definition) is 4. The number of nitrogens with one attached hydrogen (secondary N) is 1. The molecule has 0 aliphatic carbocycles. The molecule has 2 aliphatic rings. The number of fused-ring (bicyclic) bond motifs is 1. The van der Waals surface area contributed by atoms with Crippen LogP contribution in [0.25, 0.3) is 0 Å². The van der Waals surface area contributed by atoms with E-state index in [4.69, 9.17) is 14.2 Å². The van der Waals surface area contributed by atoms with Gasteiger partial charge >= 0.3 is 6.09 Å². The largest absolute Gasteiger partial charge is 0.454 e. The average molecular weight is 323 g/mol. The van der Waals surface area contributed by atoms with Crippen molar-refractivity contribution in [2.45, 2.75) is 6.04 Å². The van der Waals surface area contributed by atoms with E-state index in [-0.39, 0.29) is 25.2 Å². The Morgan fingerprint density at radius 1 is 1.24 bits per heavy atom. The summed E-state index contributed by atoms with van der Waals surface area (Å²) < 4.78 is 16.3. The molecule has 1 saturated heterocycles. The highest BCUT2D eigenvalue weighted by atomic mass is 79.9. The van der Waals surface area contributed by atoms with Crippen LogP contribution >= 0.6 is 28.3 Å². The predicted molar refractivity (Wildman–Crippen MR) is 64.7 cm³/mol. The van der Waals surface area contributed by atoms with Crippen molar-refractivity contribution in [3.63, 3.8) is 0 Å². The van der Waals surface area contributed by atoms with Crippen LogP contribution in [0.1, 0.15) is 11.6 Å². The molecule has 1 amide bonds. The molecule has 0 aromatic heterocycles. The van der Waals surface area contributed by atoms with E-state index in [1.165, 1.54) is 0 Å². The fourth-order valence-corrected chi connectivity index (χ4v) is 2.35. The fraction of sp³-hybridized carbons (Fsp3) is 0.300. The predicted octanol–water partition coefficient (Wildman–Crippen LogP) is 2.38. The average Bonchev–Trinajstić information content (AvgIpc) is 2.84. The number of carbonyl (C=O) groups is 1. The quantitative estimate of drug-likeness (QED) is 0.862. The summed E-state index contributed by atoms with van der Waals surface area (Å²) in [5, 5.41) is 2.71. The van der Waals surface area contributed by atoms with Gasteiger partial charge in [-0.15, -0.1) is 12.4 Å². The van der Waals surface area contributed by atoms with Crippen LogP contribution in [0.5, 0.6) is 11.5 Å². The number of rotatable bonds is 1. The lowest BCUT2D eigenvalue weighted by Crippen LogP contribution is -2.18. The molecule has 0 bridgehead atoms. The Morgan fingerprint density at radius 2 is 1.94 bits per heavy atom. The van der Waals surface area contributed by atoms with Crippen molar-refractivity contribution in [2.24, 2.45) is 0 Å². The molecule has 3 rings (SSSR count). The first-order valence-corrected chi connectivity index (χ1v) is 5.55. The van der Waals surface area contributed by atoms with Crippen molar-refractivity contribution in [1.82, 2.24) is 5.32 Å². The standard InChI is InChI=1S/C10H8BrNO4.ClH/c11-6-2-9-8(15-4-16-9)1-5(6)7-3-14-10(13)12-7;/h1-2,7H,3-4H2,(H,12,13);1H/t7-;/m0./s1. The summed E-state index contributed by atoms with van der Waals surface area (Å²) >= 11 is 3.44. The van der Waals surface area contributed by atoms with Crippen LogP contribution < -0.4 is 14.8 Å². The summed E-state index contributed by atoms with van der Waals surface area (Å²) in [6, 6.07) is 3.55. The number of benzene rings is 1. The second-order valence-electron chi connectivity index (χ2n) is 3.52. The molecule has 17 heavy (non-hydrogen) atoms. The number of alkyl carbamates (subject to hydrolysis) is 1. The van der Waals surface area contributed by atoms with Crippen LogP contribution in [0.3, 0.4) is 0 Å². The molecule has 7 heteroatoms. The van der Waals surface area contributed by atoms with Crippen molar-refractivity contribution in [2.75, 3.05) is 13.4 Å². The lowest BCUT2D eigenvalue weighted by molar-refractivity contribution is 0.174. The minimum atomic E-state index is -0.394. The minimum Gasteiger partial charge on any atom is -0.454 e. The van der Waals surface area contributed by atoms with Crippen molar-refractivity contribution >= 4 is 34.4 Å². The van der Waals surface area contributed by atoms with Crippen LogP contribution in [0.15, 0.2) is 16.6 Å². The summed E-state index contributed by atoms with van der Waals surface area (Å²) in [6.07, 6.45) is -0.394. The van der Waals surface area contributed by atoms with Gasteiger partial charge < -0.3 is 19.5 Å². The lowest BCUT2D eigenvalue weighted by atomic mass is 10.1. The van der Waals surface area contributed by atoms with Gasteiger partial charge in [0.05, 0.1) is 6.04 Å². The molecule has 1 fully saturated rings. The molecule has 2 aliphatic heterocycles. The zero-order valence-electron chi connectivity index (χ0n) is 8.57. The lowest BCUT2D eigenvalue weighted by Gasteiger charge is -2.10. The molecule has 5 nitrogen and oxygen atoms in total. The van der Waals surface area contributed by atoms with Gasteiger partial charge in [0.2, 0.25) is 6.79 Å². The Hall–Kier alpha value is -1.14. The Balaban J connectivity index is 0.00000108. The van der Waals surface area contributed by atoms with Gasteiger partial charge in [-0.3, -0.25) is 0 Å². The van der Waals surface area contributed by atoms with Gasteiger partial charge in [-0.1, -0.05) is 15.9 Å². The van der Waals surface area contributed by atoms with Crippen LogP contribution in [0.4, 0.5) is 4.79 Å². The normalized spacial score (nSPS) is 20.5. The van der Waals surface area contributed by atoms with E-state index in [9.17, 15) is 4.79 Å². The maximum Gasteiger partial charge on any atom is 0.407 e. The molecular formula is C10H9BrClNO4. The van der Waals surface area contributed by atoms with E-state index in [1.54, 1.807) is 0 Å². The number of halogens is 2. The summed E-state index contributed by atoms with van der Waals surface area (Å²) in [6.45, 7) is 0.565. The van der Waals surface area contributed by atoms with Crippen molar-refractivity contribution in [1.29, 1.82) is 0 Å². The SMILES string of the molecule is Cl.O=C1N[C@H](c2cc3c(cc2Br)OCO3)CO1. The van der Waals surface area contributed by atoms with Gasteiger partial charge in [-0.25, -0.2) is 4.79 Å². The molecule has 1 aromatic carbocycles. The minimum absolute atomic E-state index is 0. The third-order valence-electron chi connectivity index (χ3n) is 2.54. The Kier molecular flexibility index (Phi) is 3.35. The highest BCUT2D eigenvalue weighted by molar-refractivity contribution is 9.10. The highest BCUT2D eigenvalue weighted by Gasteiger charge is 2.27. The Bertz CT molecular complexity index is 468. The molecule has 0 unspecified atom stereocenters. The highest BCUT2D eigenvalue weighted by Crippen LogP contribution is 2.39. The number of hydrogen-bond donors (Lipinski definition) is 1. The van der Waals surface area contributed by atoms with Gasteiger partial charge in [-0.05, 0) is 17.7 Å². The van der Waals surface area contributed by atoms with Crippen molar-refractivity contribution in [3.05, 3.63) is 22.2 Å². The van der Waals surface area contributed by atoms with E-state index in [0.717, 1.165) is 10.0 Å². The van der Waals surface area contributed by atoms with Crippen LogP contribution in [-0.2, 0) is 4.74 Å². The fourth-order valence-electron chi connectivity index (χ4n) is 1.75. The Morgan fingerprint density at radius 3 is 2.59 bits per heavy atom. The summed E-state index contributed by atoms with van der Waals surface area (Å²) in [4.78, 5) is 11.0. The first kappa shape index (κ1) is 12.3. The topological polar surface area (TPSA) is 56.8 Å². The van der Waals surface area contributed by atoms with Crippen LogP contribution in [0.2, 0.25) is 0 Å². The molecule has 0 radical (unpaired) electrons. The second kappa shape index (κ2) is 4.62. The summed E-state index contributed by atoms with van der Waals surface area (Å²) in [7, 11) is 0. The molecule has 1 N–H and O–H groups in total. The molecule has 0 spiro atoms. The van der Waals surface area contributed by atoms with E-state index in [2.05, 4.69) is 21.2 Å². The Labute approximate surface area is 112 Å². The van der Waals surface area contributed by atoms with Gasteiger partial charge in [0.15, 0.2) is 11.5 Å². The number of carbonyl (C=O) groups excluding carboxylic acids is 1. The second-order valence-corrected chi connectivity index (χ2v) is 4.38. The summed E-state index contributed by atoms with van der Waals surface area (Å²) in [5.41, 5.74) is 0.926. The molecular weight excluding hydrogens is 313 g/mol. The molecule has 0 saturated carbocycles. The first-order valence-electron chi connectivity index (χ1n) is 4.76. The first-order chi connectivity index (χ1) is 7.74. The number of amides is 1. The van der Waals surface area contributed by atoms with E-state index >= 15 is 0 Å². The zero-order chi connectivity index (χ0) is 11.1. The van der Waals surface area contributed by atoms with Crippen LogP contribution in [0, 0.1) is 0 Å². The number of cyclic esters (lactones) is 1. The summed E-state index contributed by atoms with van der Waals surface area (Å²) in [5.74, 6) is 1.40. The zero-order valence-corrected chi connectivity index (χ0v) is 11.0. The maximum atomic E-state index is 11.0.